The van der Waals surface area contributed by atoms with Crippen molar-refractivity contribution in [2.75, 3.05) is 0 Å². The zero-order chi connectivity index (χ0) is 9.42. The third-order valence-electron chi connectivity index (χ3n) is 1.84. The maximum atomic E-state index is 10.4. The average Bonchev–Trinajstić information content (AvgIpc) is 2.47. The van der Waals surface area contributed by atoms with Crippen molar-refractivity contribution in [3.63, 3.8) is 0 Å². The zero-order valence-corrected chi connectivity index (χ0v) is 6.85. The van der Waals surface area contributed by atoms with Crippen molar-refractivity contribution in [1.82, 2.24) is 5.16 Å². The molecule has 1 heterocycles. The van der Waals surface area contributed by atoms with Gasteiger partial charge in [-0.3, -0.25) is 10.1 Å². The van der Waals surface area contributed by atoms with Gasteiger partial charge >= 0.3 is 0 Å². The number of nitro benzene ring substituents is 1. The highest BCUT2D eigenvalue weighted by molar-refractivity contribution is 5.81. The van der Waals surface area contributed by atoms with E-state index in [4.69, 9.17) is 4.52 Å². The van der Waals surface area contributed by atoms with Crippen LogP contribution >= 0.6 is 0 Å². The van der Waals surface area contributed by atoms with Crippen LogP contribution in [0, 0.1) is 17.0 Å². The second kappa shape index (κ2) is 2.55. The van der Waals surface area contributed by atoms with Crippen LogP contribution < -0.4 is 0 Å². The molecule has 0 saturated heterocycles. The fourth-order valence-electron chi connectivity index (χ4n) is 1.16. The summed E-state index contributed by atoms with van der Waals surface area (Å²) in [5.41, 5.74) is 1.29. The molecule has 0 saturated carbocycles. The molecular formula is C8H6N2O3. The molecule has 2 rings (SSSR count). The van der Waals surface area contributed by atoms with Crippen LogP contribution in [0.25, 0.3) is 11.0 Å². The minimum atomic E-state index is -0.439. The Hall–Kier alpha value is -1.91. The van der Waals surface area contributed by atoms with Gasteiger partial charge in [-0.1, -0.05) is 5.16 Å². The predicted octanol–water partition coefficient (Wildman–Crippen LogP) is 2.04. The lowest BCUT2D eigenvalue weighted by molar-refractivity contribution is -0.384. The Bertz CT molecular complexity index is 475. The summed E-state index contributed by atoms with van der Waals surface area (Å²) in [6.45, 7) is 1.75. The van der Waals surface area contributed by atoms with Gasteiger partial charge in [0, 0.05) is 12.1 Å². The van der Waals surface area contributed by atoms with Crippen molar-refractivity contribution in [1.29, 1.82) is 0 Å². The van der Waals surface area contributed by atoms with Crippen molar-refractivity contribution in [2.24, 2.45) is 0 Å². The summed E-state index contributed by atoms with van der Waals surface area (Å²) in [5.74, 6) is 0. The van der Waals surface area contributed by atoms with Gasteiger partial charge in [-0.2, -0.15) is 0 Å². The molecule has 5 heteroatoms. The molecule has 0 aliphatic carbocycles. The second-order valence-electron chi connectivity index (χ2n) is 2.71. The summed E-state index contributed by atoms with van der Waals surface area (Å²) < 4.78 is 4.91. The van der Waals surface area contributed by atoms with Crippen molar-refractivity contribution in [2.45, 2.75) is 6.92 Å². The Labute approximate surface area is 73.1 Å². The van der Waals surface area contributed by atoms with Gasteiger partial charge in [0.2, 0.25) is 0 Å². The Morgan fingerprint density at radius 2 is 2.31 bits per heavy atom. The van der Waals surface area contributed by atoms with Gasteiger partial charge in [0.25, 0.3) is 5.69 Å². The lowest BCUT2D eigenvalue weighted by Crippen LogP contribution is -1.86. The molecule has 0 unspecified atom stereocenters. The van der Waals surface area contributed by atoms with Crippen LogP contribution in [0.4, 0.5) is 5.69 Å². The Morgan fingerprint density at radius 3 is 3.00 bits per heavy atom. The number of nitro groups is 1. The number of aryl methyl sites for hydroxylation is 1. The molecule has 0 aliphatic rings. The number of non-ortho nitro benzene ring substituents is 1. The number of fused-ring (bicyclic) bond motifs is 1. The maximum Gasteiger partial charge on any atom is 0.270 e. The smallest absolute Gasteiger partial charge is 0.270 e. The molecule has 0 fully saturated rings. The van der Waals surface area contributed by atoms with Gasteiger partial charge in [-0.25, -0.2) is 0 Å². The van der Waals surface area contributed by atoms with E-state index in [1.165, 1.54) is 12.1 Å². The van der Waals surface area contributed by atoms with Gasteiger partial charge in [0.05, 0.1) is 16.0 Å². The minimum absolute atomic E-state index is 0.0544. The zero-order valence-electron chi connectivity index (χ0n) is 6.85. The molecule has 0 amide bonds. The average molecular weight is 178 g/mol. The summed E-state index contributed by atoms with van der Waals surface area (Å²) in [5, 5.41) is 14.8. The highest BCUT2D eigenvalue weighted by Gasteiger charge is 2.10. The Kier molecular flexibility index (Phi) is 1.51. The number of nitrogens with zero attached hydrogens (tertiary/aromatic N) is 2. The molecular weight excluding hydrogens is 172 g/mol. The number of hydrogen-bond acceptors (Lipinski definition) is 4. The molecule has 2 aromatic rings. The van der Waals surface area contributed by atoms with Gasteiger partial charge in [-0.05, 0) is 13.0 Å². The van der Waals surface area contributed by atoms with E-state index in [0.717, 1.165) is 0 Å². The summed E-state index contributed by atoms with van der Waals surface area (Å²) >= 11 is 0. The van der Waals surface area contributed by atoms with Crippen LogP contribution in [0.1, 0.15) is 5.69 Å². The van der Waals surface area contributed by atoms with Gasteiger partial charge in [-0.15, -0.1) is 0 Å². The van der Waals surface area contributed by atoms with Crippen molar-refractivity contribution in [3.8, 4) is 0 Å². The summed E-state index contributed by atoms with van der Waals surface area (Å²) in [7, 11) is 0. The topological polar surface area (TPSA) is 69.2 Å². The molecule has 5 nitrogen and oxygen atoms in total. The number of aromatic nitrogens is 1. The third kappa shape index (κ3) is 1.14. The lowest BCUT2D eigenvalue weighted by Gasteiger charge is -1.89. The standard InChI is InChI=1S/C8H6N2O3/c1-5-7-4-6(10(11)12)2-3-8(7)13-9-5/h2-4H,1H3. The van der Waals surface area contributed by atoms with Gasteiger partial charge in [0.15, 0.2) is 5.58 Å². The monoisotopic (exact) mass is 178 g/mol. The van der Waals surface area contributed by atoms with Crippen LogP contribution in [0.5, 0.6) is 0 Å². The van der Waals surface area contributed by atoms with E-state index < -0.39 is 4.92 Å². The SMILES string of the molecule is Cc1noc2ccc([N+](=O)[O-])cc12. The quantitative estimate of drug-likeness (QED) is 0.495. The van der Waals surface area contributed by atoms with Gasteiger partial charge in [0.1, 0.15) is 0 Å². The molecule has 0 radical (unpaired) electrons. The molecule has 0 aliphatic heterocycles. The molecule has 0 bridgehead atoms. The van der Waals surface area contributed by atoms with Crippen LogP contribution in [-0.4, -0.2) is 10.1 Å². The third-order valence-corrected chi connectivity index (χ3v) is 1.84. The first kappa shape index (κ1) is 7.72. The van der Waals surface area contributed by atoms with E-state index in [1.54, 1.807) is 13.0 Å². The van der Waals surface area contributed by atoms with Crippen LogP contribution in [-0.2, 0) is 0 Å². The summed E-state index contributed by atoms with van der Waals surface area (Å²) in [4.78, 5) is 9.99. The van der Waals surface area contributed by atoms with Crippen molar-refractivity contribution in [3.05, 3.63) is 34.0 Å². The van der Waals surface area contributed by atoms with E-state index in [1.807, 2.05) is 0 Å². The number of hydrogen-bond donors (Lipinski definition) is 0. The van der Waals surface area contributed by atoms with E-state index in [0.29, 0.717) is 16.7 Å². The number of benzene rings is 1. The van der Waals surface area contributed by atoms with E-state index >= 15 is 0 Å². The molecule has 0 atom stereocenters. The van der Waals surface area contributed by atoms with Crippen molar-refractivity contribution >= 4 is 16.7 Å². The first-order chi connectivity index (χ1) is 6.18. The van der Waals surface area contributed by atoms with Crippen LogP contribution in [0.15, 0.2) is 22.7 Å². The second-order valence-corrected chi connectivity index (χ2v) is 2.71. The molecule has 1 aromatic heterocycles. The first-order valence-corrected chi connectivity index (χ1v) is 3.69. The molecule has 66 valence electrons. The fourth-order valence-corrected chi connectivity index (χ4v) is 1.16. The predicted molar refractivity (Wildman–Crippen MR) is 45.4 cm³/mol. The molecule has 1 aromatic carbocycles. The Morgan fingerprint density at radius 1 is 1.54 bits per heavy atom. The van der Waals surface area contributed by atoms with E-state index in [-0.39, 0.29) is 5.69 Å². The molecule has 0 spiro atoms. The van der Waals surface area contributed by atoms with E-state index in [2.05, 4.69) is 5.16 Å². The Balaban J connectivity index is 2.72. The molecule has 0 N–H and O–H groups in total. The first-order valence-electron chi connectivity index (χ1n) is 3.69. The summed E-state index contributed by atoms with van der Waals surface area (Å²) in [6, 6.07) is 4.40. The summed E-state index contributed by atoms with van der Waals surface area (Å²) in [6.07, 6.45) is 0. The highest BCUT2D eigenvalue weighted by atomic mass is 16.6. The fraction of sp³-hybridized carbons (Fsp3) is 0.125. The van der Waals surface area contributed by atoms with Crippen LogP contribution in [0.3, 0.4) is 0 Å². The van der Waals surface area contributed by atoms with Crippen molar-refractivity contribution < 1.29 is 9.45 Å². The minimum Gasteiger partial charge on any atom is -0.356 e. The largest absolute Gasteiger partial charge is 0.356 e. The maximum absolute atomic E-state index is 10.4. The van der Waals surface area contributed by atoms with Crippen LogP contribution in [0.2, 0.25) is 0 Å². The molecule has 13 heavy (non-hydrogen) atoms. The normalized spacial score (nSPS) is 10.5. The van der Waals surface area contributed by atoms with Gasteiger partial charge < -0.3 is 4.52 Å². The van der Waals surface area contributed by atoms with E-state index in [9.17, 15) is 10.1 Å². The number of rotatable bonds is 1. The lowest BCUT2D eigenvalue weighted by atomic mass is 10.2. The highest BCUT2D eigenvalue weighted by Crippen LogP contribution is 2.22.